The van der Waals surface area contributed by atoms with Crippen molar-refractivity contribution in [3.05, 3.63) is 95.3 Å². The molecule has 0 amide bonds. The maximum atomic E-state index is 14.0. The third-order valence-electron chi connectivity index (χ3n) is 7.41. The van der Waals surface area contributed by atoms with E-state index in [1.807, 2.05) is 37.3 Å². The predicted octanol–water partition coefficient (Wildman–Crippen LogP) is 5.90. The van der Waals surface area contributed by atoms with E-state index >= 15 is 0 Å². The second-order valence-electron chi connectivity index (χ2n) is 9.61. The average molecular weight is 506 g/mol. The molecule has 1 N–H and O–H groups in total. The molecule has 3 aromatic carbocycles. The fourth-order valence-electron chi connectivity index (χ4n) is 5.41. The molecule has 188 valence electrons. The number of ether oxygens (including phenoxy) is 2. The third kappa shape index (κ3) is 4.11. The van der Waals surface area contributed by atoms with Gasteiger partial charge < -0.3 is 14.6 Å². The van der Waals surface area contributed by atoms with Crippen LogP contribution in [0.4, 0.5) is 5.69 Å². The number of hydrogen-bond donors (Lipinski definition) is 1. The zero-order valence-electron chi connectivity index (χ0n) is 20.8. The van der Waals surface area contributed by atoms with E-state index in [2.05, 4.69) is 18.7 Å². The van der Waals surface area contributed by atoms with Crippen molar-refractivity contribution in [2.24, 2.45) is 5.92 Å². The number of fused-ring (bicyclic) bond motifs is 2. The van der Waals surface area contributed by atoms with Gasteiger partial charge in [-0.25, -0.2) is 8.42 Å². The van der Waals surface area contributed by atoms with Crippen molar-refractivity contribution >= 4 is 15.7 Å². The fraction of sp³-hybridized carbons (Fsp3) is 0.310. The molecule has 3 aromatic rings. The lowest BCUT2D eigenvalue weighted by atomic mass is 9.87. The van der Waals surface area contributed by atoms with Gasteiger partial charge >= 0.3 is 0 Å². The highest BCUT2D eigenvalue weighted by atomic mass is 32.2. The molecule has 0 spiro atoms. The summed E-state index contributed by atoms with van der Waals surface area (Å²) in [5, 5.41) is 10.3. The molecule has 2 aliphatic rings. The maximum absolute atomic E-state index is 14.0. The predicted molar refractivity (Wildman–Crippen MR) is 140 cm³/mol. The molecule has 1 aliphatic heterocycles. The minimum Gasteiger partial charge on any atom is -0.513 e. The first-order valence-electron chi connectivity index (χ1n) is 12.1. The van der Waals surface area contributed by atoms with E-state index < -0.39 is 22.0 Å². The molecule has 1 unspecified atom stereocenters. The summed E-state index contributed by atoms with van der Waals surface area (Å²) in [5.41, 5.74) is 4.68. The number of anilines is 1. The van der Waals surface area contributed by atoms with Crippen LogP contribution < -0.4 is 13.8 Å². The molecule has 0 aromatic heterocycles. The molecule has 36 heavy (non-hydrogen) atoms. The SMILES string of the molecule is C=C(O)[C@@H]1Cc2ccc(OC3CCc4ccccc43)cc2N(S(=O)(=O)c2ccc(C)c(OC)c2)[C@@H]1C. The van der Waals surface area contributed by atoms with E-state index in [4.69, 9.17) is 9.47 Å². The standard InChI is InChI=1S/C29H31NO5S/c1-18-9-13-24(17-29(18)34-4)36(32,33)30-19(2)26(20(3)31)15-22-10-12-23(16-27(22)30)35-28-14-11-21-7-5-6-8-25(21)28/h5-10,12-13,16-17,19,26,28,31H,3,11,14-15H2,1-2,4H3/t19-,26-,28?/m1/s1. The summed E-state index contributed by atoms with van der Waals surface area (Å²) in [7, 11) is -2.47. The zero-order valence-corrected chi connectivity index (χ0v) is 21.6. The minimum atomic E-state index is -3.99. The Kier molecular flexibility index (Phi) is 6.20. The van der Waals surface area contributed by atoms with E-state index in [1.165, 1.54) is 22.5 Å². The summed E-state index contributed by atoms with van der Waals surface area (Å²) in [6.45, 7) is 7.40. The summed E-state index contributed by atoms with van der Waals surface area (Å²) in [4.78, 5) is 0.128. The highest BCUT2D eigenvalue weighted by Gasteiger charge is 2.41. The Morgan fingerprint density at radius 1 is 1.08 bits per heavy atom. The van der Waals surface area contributed by atoms with Gasteiger partial charge in [-0.3, -0.25) is 4.31 Å². The number of hydrogen-bond acceptors (Lipinski definition) is 5. The Bertz CT molecular complexity index is 1430. The second kappa shape index (κ2) is 9.21. The normalized spacial score (nSPS) is 21.0. The highest BCUT2D eigenvalue weighted by molar-refractivity contribution is 7.92. The van der Waals surface area contributed by atoms with Crippen LogP contribution in [0.5, 0.6) is 11.5 Å². The van der Waals surface area contributed by atoms with E-state index in [0.29, 0.717) is 23.6 Å². The molecule has 0 saturated heterocycles. The van der Waals surface area contributed by atoms with Gasteiger partial charge in [-0.15, -0.1) is 0 Å². The van der Waals surface area contributed by atoms with E-state index in [0.717, 1.165) is 24.0 Å². The van der Waals surface area contributed by atoms with Crippen LogP contribution in [0, 0.1) is 12.8 Å². The number of aliphatic hydroxyl groups is 1. The molecule has 0 radical (unpaired) electrons. The molecule has 6 nitrogen and oxygen atoms in total. The van der Waals surface area contributed by atoms with Gasteiger partial charge in [0.05, 0.1) is 29.5 Å². The Hall–Kier alpha value is -3.45. The summed E-state index contributed by atoms with van der Waals surface area (Å²) in [6.07, 6.45) is 2.25. The smallest absolute Gasteiger partial charge is 0.264 e. The zero-order chi connectivity index (χ0) is 25.6. The quantitative estimate of drug-likeness (QED) is 0.422. The van der Waals surface area contributed by atoms with Crippen molar-refractivity contribution in [3.63, 3.8) is 0 Å². The molecule has 0 bridgehead atoms. The lowest BCUT2D eigenvalue weighted by Crippen LogP contribution is -2.47. The van der Waals surface area contributed by atoms with Crippen LogP contribution in [0.1, 0.15) is 41.7 Å². The first-order valence-corrected chi connectivity index (χ1v) is 13.6. The van der Waals surface area contributed by atoms with Gasteiger partial charge in [0.25, 0.3) is 10.0 Å². The largest absolute Gasteiger partial charge is 0.513 e. The van der Waals surface area contributed by atoms with Gasteiger partial charge in [-0.1, -0.05) is 43.0 Å². The number of sulfonamides is 1. The molecule has 7 heteroatoms. The Balaban J connectivity index is 1.57. The number of aryl methyl sites for hydroxylation is 2. The first kappa shape index (κ1) is 24.3. The highest BCUT2D eigenvalue weighted by Crippen LogP contribution is 2.43. The number of aliphatic hydroxyl groups excluding tert-OH is 1. The van der Waals surface area contributed by atoms with Crippen LogP contribution in [-0.2, 0) is 22.9 Å². The van der Waals surface area contributed by atoms with E-state index in [9.17, 15) is 13.5 Å². The number of rotatable bonds is 6. The van der Waals surface area contributed by atoms with Gasteiger partial charge in [-0.05, 0) is 67.5 Å². The summed E-state index contributed by atoms with van der Waals surface area (Å²) in [5.74, 6) is 0.650. The molecule has 1 aliphatic carbocycles. The van der Waals surface area contributed by atoms with Crippen LogP contribution in [0.3, 0.4) is 0 Å². The van der Waals surface area contributed by atoms with Crippen molar-refractivity contribution in [1.82, 2.24) is 0 Å². The van der Waals surface area contributed by atoms with Gasteiger partial charge in [0.15, 0.2) is 0 Å². The number of methoxy groups -OCH3 is 1. The molecule has 0 saturated carbocycles. The lowest BCUT2D eigenvalue weighted by Gasteiger charge is -2.41. The van der Waals surface area contributed by atoms with Gasteiger partial charge in [0.2, 0.25) is 0 Å². The average Bonchev–Trinajstić information content (AvgIpc) is 3.26. The third-order valence-corrected chi connectivity index (χ3v) is 9.30. The van der Waals surface area contributed by atoms with Crippen LogP contribution in [0.15, 0.2) is 77.9 Å². The monoisotopic (exact) mass is 505 g/mol. The molecular formula is C29H31NO5S. The van der Waals surface area contributed by atoms with Crippen molar-refractivity contribution in [2.75, 3.05) is 11.4 Å². The summed E-state index contributed by atoms with van der Waals surface area (Å²) < 4.78 is 41.3. The topological polar surface area (TPSA) is 76.1 Å². The molecular weight excluding hydrogens is 474 g/mol. The fourth-order valence-corrected chi connectivity index (χ4v) is 7.15. The number of nitrogens with zero attached hydrogens (tertiary/aromatic N) is 1. The number of benzene rings is 3. The van der Waals surface area contributed by atoms with Crippen LogP contribution in [0.2, 0.25) is 0 Å². The molecule has 3 atom stereocenters. The van der Waals surface area contributed by atoms with Crippen LogP contribution >= 0.6 is 0 Å². The van der Waals surface area contributed by atoms with E-state index in [-0.39, 0.29) is 16.8 Å². The van der Waals surface area contributed by atoms with E-state index in [1.54, 1.807) is 25.1 Å². The Labute approximate surface area is 212 Å². The van der Waals surface area contributed by atoms with Crippen LogP contribution in [0.25, 0.3) is 0 Å². The summed E-state index contributed by atoms with van der Waals surface area (Å²) in [6, 6.07) is 18.2. The second-order valence-corrected chi connectivity index (χ2v) is 11.4. The van der Waals surface area contributed by atoms with Crippen molar-refractivity contribution < 1.29 is 23.0 Å². The molecule has 0 fully saturated rings. The van der Waals surface area contributed by atoms with Crippen molar-refractivity contribution in [3.8, 4) is 11.5 Å². The Morgan fingerprint density at radius 2 is 1.86 bits per heavy atom. The summed E-state index contributed by atoms with van der Waals surface area (Å²) >= 11 is 0. The maximum Gasteiger partial charge on any atom is 0.264 e. The van der Waals surface area contributed by atoms with Gasteiger partial charge in [0, 0.05) is 18.1 Å². The lowest BCUT2D eigenvalue weighted by molar-refractivity contribution is 0.207. The first-order chi connectivity index (χ1) is 17.2. The van der Waals surface area contributed by atoms with Crippen molar-refractivity contribution in [1.29, 1.82) is 0 Å². The van der Waals surface area contributed by atoms with Crippen molar-refractivity contribution in [2.45, 2.75) is 50.2 Å². The van der Waals surface area contributed by atoms with Gasteiger partial charge in [-0.2, -0.15) is 0 Å². The minimum absolute atomic E-state index is 0.0299. The van der Waals surface area contributed by atoms with Crippen LogP contribution in [-0.4, -0.2) is 26.7 Å². The Morgan fingerprint density at radius 3 is 2.61 bits per heavy atom. The molecule has 1 heterocycles. The van der Waals surface area contributed by atoms with Gasteiger partial charge in [0.1, 0.15) is 17.6 Å². The molecule has 5 rings (SSSR count).